The summed E-state index contributed by atoms with van der Waals surface area (Å²) in [5, 5.41) is 6.55. The van der Waals surface area contributed by atoms with Crippen molar-refractivity contribution in [2.45, 2.75) is 13.3 Å². The van der Waals surface area contributed by atoms with Crippen molar-refractivity contribution in [1.29, 1.82) is 0 Å². The molecule has 0 amide bonds. The van der Waals surface area contributed by atoms with Gasteiger partial charge < -0.3 is 4.74 Å². The van der Waals surface area contributed by atoms with Crippen LogP contribution in [0.1, 0.15) is 18.1 Å². The second kappa shape index (κ2) is 7.41. The Bertz CT molecular complexity index is 1140. The van der Waals surface area contributed by atoms with E-state index in [2.05, 4.69) is 33.5 Å². The van der Waals surface area contributed by atoms with E-state index in [0.29, 0.717) is 5.82 Å². The Balaban J connectivity index is 1.61. The number of nitrogens with one attached hydrogen (secondary N) is 1. The van der Waals surface area contributed by atoms with Crippen molar-refractivity contribution in [3.05, 3.63) is 71.9 Å². The van der Waals surface area contributed by atoms with Gasteiger partial charge in [0.05, 0.1) is 24.4 Å². The molecule has 0 saturated carbocycles. The molecule has 0 spiro atoms. The molecule has 5 nitrogen and oxygen atoms in total. The van der Waals surface area contributed by atoms with E-state index in [1.807, 2.05) is 54.7 Å². The Kier molecular flexibility index (Phi) is 4.66. The van der Waals surface area contributed by atoms with Crippen LogP contribution in [0.2, 0.25) is 0 Å². The van der Waals surface area contributed by atoms with E-state index in [4.69, 9.17) is 4.74 Å². The van der Waals surface area contributed by atoms with Crippen LogP contribution in [0.25, 0.3) is 21.8 Å². The zero-order chi connectivity index (χ0) is 18.6. The molecule has 0 aliphatic carbocycles. The first-order chi connectivity index (χ1) is 13.3. The highest BCUT2D eigenvalue weighted by atomic mass is 16.5. The van der Waals surface area contributed by atoms with Crippen molar-refractivity contribution in [2.24, 2.45) is 5.10 Å². The van der Waals surface area contributed by atoms with E-state index in [1.54, 1.807) is 13.3 Å². The average Bonchev–Trinajstić information content (AvgIpc) is 2.72. The average molecular weight is 356 g/mol. The molecule has 0 bridgehead atoms. The lowest BCUT2D eigenvalue weighted by Crippen LogP contribution is -1.97. The fourth-order valence-corrected chi connectivity index (χ4v) is 3.09. The molecule has 4 rings (SSSR count). The number of hydrogen-bond acceptors (Lipinski definition) is 5. The Morgan fingerprint density at radius 2 is 1.96 bits per heavy atom. The first-order valence-electron chi connectivity index (χ1n) is 8.88. The number of hydrazone groups is 1. The van der Waals surface area contributed by atoms with Crippen LogP contribution in [0.5, 0.6) is 5.75 Å². The first-order valence-corrected chi connectivity index (χ1v) is 8.88. The van der Waals surface area contributed by atoms with E-state index >= 15 is 0 Å². The Labute approximate surface area is 157 Å². The van der Waals surface area contributed by atoms with Gasteiger partial charge in [0.1, 0.15) is 11.6 Å². The number of pyridine rings is 2. The van der Waals surface area contributed by atoms with Crippen molar-refractivity contribution in [2.75, 3.05) is 12.5 Å². The Morgan fingerprint density at radius 3 is 2.81 bits per heavy atom. The predicted octanol–water partition coefficient (Wildman–Crippen LogP) is 4.80. The standard InChI is InChI=1S/C22H20N4O/c1-3-16-11-22(25-21-12-18(27-2)8-9-19(16)21)26-24-14-15-10-17-6-4-5-7-20(17)23-13-15/h4-14H,3H2,1-2H3,(H,25,26). The topological polar surface area (TPSA) is 59.4 Å². The van der Waals surface area contributed by atoms with Gasteiger partial charge in [-0.1, -0.05) is 25.1 Å². The van der Waals surface area contributed by atoms with E-state index in [0.717, 1.165) is 39.5 Å². The van der Waals surface area contributed by atoms with Gasteiger partial charge >= 0.3 is 0 Å². The van der Waals surface area contributed by atoms with Gasteiger partial charge in [-0.15, -0.1) is 0 Å². The molecule has 134 valence electrons. The summed E-state index contributed by atoms with van der Waals surface area (Å²) in [5.74, 6) is 1.50. The van der Waals surface area contributed by atoms with Gasteiger partial charge in [-0.05, 0) is 42.3 Å². The smallest absolute Gasteiger partial charge is 0.147 e. The van der Waals surface area contributed by atoms with E-state index in [9.17, 15) is 0 Å². The molecule has 0 aliphatic rings. The van der Waals surface area contributed by atoms with Crippen molar-refractivity contribution in [3.63, 3.8) is 0 Å². The van der Waals surface area contributed by atoms with Crippen LogP contribution in [-0.4, -0.2) is 23.3 Å². The minimum atomic E-state index is 0.706. The van der Waals surface area contributed by atoms with E-state index in [-0.39, 0.29) is 0 Å². The molecule has 1 N–H and O–H groups in total. The maximum Gasteiger partial charge on any atom is 0.147 e. The van der Waals surface area contributed by atoms with Crippen molar-refractivity contribution < 1.29 is 4.74 Å². The summed E-state index contributed by atoms with van der Waals surface area (Å²) in [6, 6.07) is 18.1. The molecule has 2 heterocycles. The lowest BCUT2D eigenvalue weighted by atomic mass is 10.1. The van der Waals surface area contributed by atoms with Crippen LogP contribution in [0, 0.1) is 0 Å². The number of fused-ring (bicyclic) bond motifs is 2. The third kappa shape index (κ3) is 3.58. The molecular formula is C22H20N4O. The zero-order valence-corrected chi connectivity index (χ0v) is 15.3. The normalized spacial score (nSPS) is 11.3. The predicted molar refractivity (Wildman–Crippen MR) is 111 cm³/mol. The lowest BCUT2D eigenvalue weighted by Gasteiger charge is -2.09. The minimum absolute atomic E-state index is 0.706. The number of methoxy groups -OCH3 is 1. The highest BCUT2D eigenvalue weighted by molar-refractivity contribution is 5.88. The molecule has 5 heteroatoms. The minimum Gasteiger partial charge on any atom is -0.497 e. The second-order valence-corrected chi connectivity index (χ2v) is 6.23. The van der Waals surface area contributed by atoms with Gasteiger partial charge in [-0.25, -0.2) is 4.98 Å². The zero-order valence-electron chi connectivity index (χ0n) is 15.3. The summed E-state index contributed by atoms with van der Waals surface area (Å²) < 4.78 is 5.31. The number of aromatic nitrogens is 2. The molecular weight excluding hydrogens is 336 g/mol. The van der Waals surface area contributed by atoms with Gasteiger partial charge in [0.15, 0.2) is 0 Å². The number of benzene rings is 2. The Hall–Kier alpha value is -3.47. The largest absolute Gasteiger partial charge is 0.497 e. The molecule has 2 aromatic heterocycles. The van der Waals surface area contributed by atoms with Gasteiger partial charge in [0.2, 0.25) is 0 Å². The summed E-state index contributed by atoms with van der Waals surface area (Å²) in [6.45, 7) is 2.13. The molecule has 0 aliphatic heterocycles. The van der Waals surface area contributed by atoms with Crippen LogP contribution < -0.4 is 10.2 Å². The molecule has 0 unspecified atom stereocenters. The van der Waals surface area contributed by atoms with Gasteiger partial charge in [-0.2, -0.15) is 5.10 Å². The highest BCUT2D eigenvalue weighted by Gasteiger charge is 2.06. The quantitative estimate of drug-likeness (QED) is 0.412. The van der Waals surface area contributed by atoms with Crippen LogP contribution in [0.15, 0.2) is 65.9 Å². The molecule has 27 heavy (non-hydrogen) atoms. The number of ether oxygens (including phenoxy) is 1. The van der Waals surface area contributed by atoms with Crippen LogP contribution in [0.4, 0.5) is 5.82 Å². The summed E-state index contributed by atoms with van der Waals surface area (Å²) in [7, 11) is 1.66. The van der Waals surface area contributed by atoms with Crippen molar-refractivity contribution >= 4 is 33.8 Å². The van der Waals surface area contributed by atoms with Crippen molar-refractivity contribution in [3.8, 4) is 5.75 Å². The van der Waals surface area contributed by atoms with Crippen LogP contribution in [0.3, 0.4) is 0 Å². The highest BCUT2D eigenvalue weighted by Crippen LogP contribution is 2.25. The number of anilines is 1. The summed E-state index contributed by atoms with van der Waals surface area (Å²) in [4.78, 5) is 9.10. The van der Waals surface area contributed by atoms with Gasteiger partial charge in [0, 0.05) is 28.6 Å². The summed E-state index contributed by atoms with van der Waals surface area (Å²) >= 11 is 0. The number of para-hydroxylation sites is 1. The first kappa shape index (κ1) is 17.0. The molecule has 0 fully saturated rings. The third-order valence-electron chi connectivity index (χ3n) is 4.49. The number of rotatable bonds is 5. The van der Waals surface area contributed by atoms with Gasteiger partial charge in [0.25, 0.3) is 0 Å². The number of aryl methyl sites for hydroxylation is 1. The van der Waals surface area contributed by atoms with E-state index < -0.39 is 0 Å². The molecule has 0 saturated heterocycles. The van der Waals surface area contributed by atoms with Crippen LogP contribution >= 0.6 is 0 Å². The fraction of sp³-hybridized carbons (Fsp3) is 0.136. The molecule has 2 aromatic carbocycles. The third-order valence-corrected chi connectivity index (χ3v) is 4.49. The molecule has 0 radical (unpaired) electrons. The summed E-state index contributed by atoms with van der Waals surface area (Å²) in [6.07, 6.45) is 4.48. The Morgan fingerprint density at radius 1 is 1.07 bits per heavy atom. The fourth-order valence-electron chi connectivity index (χ4n) is 3.09. The second-order valence-electron chi connectivity index (χ2n) is 6.23. The van der Waals surface area contributed by atoms with Crippen LogP contribution in [-0.2, 0) is 6.42 Å². The number of hydrogen-bond donors (Lipinski definition) is 1. The lowest BCUT2D eigenvalue weighted by molar-refractivity contribution is 0.415. The molecule has 0 atom stereocenters. The SMILES string of the molecule is CCc1cc(NN=Cc2cnc3ccccc3c2)nc2cc(OC)ccc12. The van der Waals surface area contributed by atoms with Gasteiger partial charge in [-0.3, -0.25) is 10.4 Å². The summed E-state index contributed by atoms with van der Waals surface area (Å²) in [5.41, 5.74) is 7.04. The maximum absolute atomic E-state index is 5.31. The molecule has 4 aromatic rings. The number of nitrogens with zero attached hydrogens (tertiary/aromatic N) is 3. The van der Waals surface area contributed by atoms with Crippen molar-refractivity contribution in [1.82, 2.24) is 9.97 Å². The van der Waals surface area contributed by atoms with E-state index in [1.165, 1.54) is 5.56 Å². The maximum atomic E-state index is 5.31. The monoisotopic (exact) mass is 356 g/mol.